The second-order valence-corrected chi connectivity index (χ2v) is 6.66. The first-order chi connectivity index (χ1) is 12.1. The number of amides is 3. The van der Waals surface area contributed by atoms with Crippen LogP contribution in [0.2, 0.25) is 0 Å². The highest BCUT2D eigenvalue weighted by Crippen LogP contribution is 2.39. The Morgan fingerprint density at radius 2 is 1.92 bits per heavy atom. The lowest BCUT2D eigenvalue weighted by molar-refractivity contribution is -0.123. The number of esters is 1. The van der Waals surface area contributed by atoms with Gasteiger partial charge in [-0.1, -0.05) is 24.3 Å². The van der Waals surface area contributed by atoms with E-state index in [1.165, 1.54) is 16.9 Å². The van der Waals surface area contributed by atoms with Crippen LogP contribution in [0.15, 0.2) is 30.3 Å². The van der Waals surface area contributed by atoms with Crippen LogP contribution in [0.25, 0.3) is 10.4 Å². The van der Waals surface area contributed by atoms with Crippen molar-refractivity contribution < 1.29 is 19.1 Å². The van der Waals surface area contributed by atoms with Gasteiger partial charge >= 0.3 is 12.0 Å². The molecule has 1 aliphatic carbocycles. The number of rotatable bonds is 4. The normalized spacial score (nSPS) is 11.9. The van der Waals surface area contributed by atoms with Crippen LogP contribution in [0, 0.1) is 0 Å². The van der Waals surface area contributed by atoms with Gasteiger partial charge in [0.1, 0.15) is 4.88 Å². The van der Waals surface area contributed by atoms with Gasteiger partial charge in [0.2, 0.25) is 0 Å². The third kappa shape index (κ3) is 3.88. The Hall–Kier alpha value is -2.67. The molecular formula is C18H18N2O4S. The number of thiophene rings is 1. The molecule has 0 radical (unpaired) electrons. The molecule has 7 heteroatoms. The van der Waals surface area contributed by atoms with Gasteiger partial charge in [-0.05, 0) is 42.5 Å². The molecule has 0 spiro atoms. The topological polar surface area (TPSA) is 84.5 Å². The summed E-state index contributed by atoms with van der Waals surface area (Å²) in [7, 11) is 0. The minimum atomic E-state index is -0.661. The van der Waals surface area contributed by atoms with E-state index in [1.54, 1.807) is 6.92 Å². The highest BCUT2D eigenvalue weighted by molar-refractivity contribution is 7.17. The lowest BCUT2D eigenvalue weighted by Crippen LogP contribution is -2.41. The van der Waals surface area contributed by atoms with Gasteiger partial charge in [0.25, 0.3) is 5.91 Å². The van der Waals surface area contributed by atoms with E-state index in [9.17, 15) is 14.4 Å². The summed E-state index contributed by atoms with van der Waals surface area (Å²) < 4.78 is 5.01. The van der Waals surface area contributed by atoms with Gasteiger partial charge < -0.3 is 10.1 Å². The van der Waals surface area contributed by atoms with Gasteiger partial charge in [-0.2, -0.15) is 0 Å². The molecule has 1 aliphatic rings. The summed E-state index contributed by atoms with van der Waals surface area (Å²) in [6, 6.07) is 9.38. The molecule has 1 aromatic carbocycles. The summed E-state index contributed by atoms with van der Waals surface area (Å²) in [4.78, 5) is 36.6. The first kappa shape index (κ1) is 17.2. The van der Waals surface area contributed by atoms with Crippen LogP contribution in [0.1, 0.15) is 27.7 Å². The fourth-order valence-corrected chi connectivity index (χ4v) is 3.91. The van der Waals surface area contributed by atoms with Gasteiger partial charge in [-0.3, -0.25) is 10.1 Å². The average molecular weight is 358 g/mol. The number of urea groups is 1. The third-order valence-corrected chi connectivity index (χ3v) is 5.05. The number of carbonyl (C=O) groups is 3. The van der Waals surface area contributed by atoms with Crippen LogP contribution < -0.4 is 10.6 Å². The number of benzene rings is 1. The average Bonchev–Trinajstić information content (AvgIpc) is 3.04. The monoisotopic (exact) mass is 358 g/mol. The second kappa shape index (κ2) is 7.48. The minimum absolute atomic E-state index is 0.404. The number of hydrogen-bond acceptors (Lipinski definition) is 5. The molecule has 3 rings (SSSR count). The highest BCUT2D eigenvalue weighted by atomic mass is 32.1. The third-order valence-electron chi connectivity index (χ3n) is 3.86. The van der Waals surface area contributed by atoms with Gasteiger partial charge in [0.15, 0.2) is 6.61 Å². The fourth-order valence-electron chi connectivity index (χ4n) is 2.74. The van der Waals surface area contributed by atoms with Crippen molar-refractivity contribution in [1.29, 1.82) is 0 Å². The Balaban J connectivity index is 1.64. The maximum Gasteiger partial charge on any atom is 0.348 e. The van der Waals surface area contributed by atoms with E-state index < -0.39 is 24.5 Å². The molecule has 0 fully saturated rings. The Labute approximate surface area is 149 Å². The maximum absolute atomic E-state index is 12.2. The van der Waals surface area contributed by atoms with E-state index in [-0.39, 0.29) is 0 Å². The van der Waals surface area contributed by atoms with Crippen LogP contribution in [0.3, 0.4) is 0 Å². The smallest absolute Gasteiger partial charge is 0.348 e. The molecule has 6 nitrogen and oxygen atoms in total. The highest BCUT2D eigenvalue weighted by Gasteiger charge is 2.22. The van der Waals surface area contributed by atoms with Crippen molar-refractivity contribution in [3.63, 3.8) is 0 Å². The predicted molar refractivity (Wildman–Crippen MR) is 94.7 cm³/mol. The number of aryl methyl sites for hydroxylation is 2. The van der Waals surface area contributed by atoms with E-state index in [4.69, 9.17) is 4.74 Å². The van der Waals surface area contributed by atoms with Crippen molar-refractivity contribution in [2.45, 2.75) is 19.8 Å². The first-order valence-electron chi connectivity index (χ1n) is 8.04. The molecule has 0 unspecified atom stereocenters. The molecule has 2 aromatic rings. The lowest BCUT2D eigenvalue weighted by Gasteiger charge is -2.15. The summed E-state index contributed by atoms with van der Waals surface area (Å²) in [6.07, 6.45) is 1.83. The van der Waals surface area contributed by atoms with E-state index in [2.05, 4.69) is 22.8 Å². The standard InChI is InChI=1S/C18H18N2O4S/c1-2-19-18(23)20-15(21)10-24-17(22)14-9-12-8-7-11-5-3-4-6-13(11)16(12)25-14/h3-6,9H,2,7-8,10H2,1H3,(H2,19,20,21,23). The molecule has 0 aliphatic heterocycles. The molecule has 0 atom stereocenters. The lowest BCUT2D eigenvalue weighted by atomic mass is 9.91. The van der Waals surface area contributed by atoms with Crippen LogP contribution in [-0.2, 0) is 22.4 Å². The molecule has 0 saturated carbocycles. The zero-order chi connectivity index (χ0) is 17.8. The first-order valence-corrected chi connectivity index (χ1v) is 8.86. The predicted octanol–water partition coefficient (Wildman–Crippen LogP) is 2.52. The van der Waals surface area contributed by atoms with Crippen LogP contribution >= 0.6 is 11.3 Å². The zero-order valence-corrected chi connectivity index (χ0v) is 14.6. The number of nitrogens with one attached hydrogen (secondary N) is 2. The molecule has 2 N–H and O–H groups in total. The van der Waals surface area contributed by atoms with Crippen LogP contribution in [0.4, 0.5) is 4.79 Å². The summed E-state index contributed by atoms with van der Waals surface area (Å²) >= 11 is 1.37. The zero-order valence-electron chi connectivity index (χ0n) is 13.8. The fraction of sp³-hybridized carbons (Fsp3) is 0.278. The molecule has 130 valence electrons. The van der Waals surface area contributed by atoms with E-state index in [0.29, 0.717) is 11.4 Å². The minimum Gasteiger partial charge on any atom is -0.451 e. The Kier molecular flexibility index (Phi) is 5.14. The van der Waals surface area contributed by atoms with Crippen molar-refractivity contribution in [3.8, 4) is 10.4 Å². The number of fused-ring (bicyclic) bond motifs is 3. The van der Waals surface area contributed by atoms with E-state index in [1.807, 2.05) is 18.2 Å². The Bertz CT molecular complexity index is 828. The van der Waals surface area contributed by atoms with Crippen molar-refractivity contribution in [2.75, 3.05) is 13.2 Å². The maximum atomic E-state index is 12.2. The summed E-state index contributed by atoms with van der Waals surface area (Å²) in [5, 5.41) is 4.52. The van der Waals surface area contributed by atoms with Gasteiger partial charge in [-0.25, -0.2) is 9.59 Å². The van der Waals surface area contributed by atoms with Crippen molar-refractivity contribution >= 4 is 29.2 Å². The van der Waals surface area contributed by atoms with Gasteiger partial charge in [0, 0.05) is 11.4 Å². The SMILES string of the molecule is CCNC(=O)NC(=O)COC(=O)c1cc2c(s1)-c1ccccc1CC2. The van der Waals surface area contributed by atoms with Gasteiger partial charge in [0.05, 0.1) is 0 Å². The number of hydrogen-bond donors (Lipinski definition) is 2. The summed E-state index contributed by atoms with van der Waals surface area (Å²) in [6.45, 7) is 1.65. The molecule has 1 heterocycles. The summed E-state index contributed by atoms with van der Waals surface area (Å²) in [5.41, 5.74) is 3.56. The van der Waals surface area contributed by atoms with Gasteiger partial charge in [-0.15, -0.1) is 11.3 Å². The number of carbonyl (C=O) groups excluding carboxylic acids is 3. The quantitative estimate of drug-likeness (QED) is 0.823. The van der Waals surface area contributed by atoms with E-state index in [0.717, 1.165) is 28.8 Å². The van der Waals surface area contributed by atoms with E-state index >= 15 is 0 Å². The molecule has 0 saturated heterocycles. The molecule has 0 bridgehead atoms. The summed E-state index contributed by atoms with van der Waals surface area (Å²) in [5.74, 6) is -1.21. The number of ether oxygens (including phenoxy) is 1. The molecule has 1 aromatic heterocycles. The Morgan fingerprint density at radius 1 is 1.16 bits per heavy atom. The van der Waals surface area contributed by atoms with Crippen LogP contribution in [0.5, 0.6) is 0 Å². The van der Waals surface area contributed by atoms with Crippen molar-refractivity contribution in [2.24, 2.45) is 0 Å². The second-order valence-electron chi connectivity index (χ2n) is 5.61. The van der Waals surface area contributed by atoms with Crippen molar-refractivity contribution in [1.82, 2.24) is 10.6 Å². The largest absolute Gasteiger partial charge is 0.451 e. The Morgan fingerprint density at radius 3 is 2.72 bits per heavy atom. The molecule has 25 heavy (non-hydrogen) atoms. The molecule has 3 amide bonds. The number of imide groups is 1. The van der Waals surface area contributed by atoms with Crippen LogP contribution in [-0.4, -0.2) is 31.1 Å². The molecular weight excluding hydrogens is 340 g/mol. The van der Waals surface area contributed by atoms with Crippen molar-refractivity contribution in [3.05, 3.63) is 46.3 Å².